The summed E-state index contributed by atoms with van der Waals surface area (Å²) in [5, 5.41) is 14.0. The Morgan fingerprint density at radius 3 is 2.81 bits per heavy atom. The minimum Gasteiger partial charge on any atom is -0.351 e. The Morgan fingerprint density at radius 2 is 2.07 bits per heavy atom. The maximum absolute atomic E-state index is 12.8. The first-order chi connectivity index (χ1) is 12.8. The number of ketones is 1. The highest BCUT2D eigenvalue weighted by Crippen LogP contribution is 2.27. The molecule has 7 heteroatoms. The third-order valence-corrected chi connectivity index (χ3v) is 6.07. The SMILES string of the molecule is CC(C)(C)c1nnc(CC(=O)c2ccc3cc4n(c3c2)CCCNC4=O)s1. The van der Waals surface area contributed by atoms with Crippen molar-refractivity contribution in [2.45, 2.75) is 45.6 Å². The smallest absolute Gasteiger partial charge is 0.267 e. The number of aromatic nitrogens is 3. The molecule has 0 atom stereocenters. The number of aryl methyl sites for hydroxylation is 1. The van der Waals surface area contributed by atoms with Crippen LogP contribution in [-0.4, -0.2) is 33.0 Å². The van der Waals surface area contributed by atoms with E-state index in [0.717, 1.165) is 33.9 Å². The summed E-state index contributed by atoms with van der Waals surface area (Å²) in [4.78, 5) is 25.0. The van der Waals surface area contributed by atoms with E-state index in [1.165, 1.54) is 11.3 Å². The largest absolute Gasteiger partial charge is 0.351 e. The molecule has 1 aromatic carbocycles. The molecule has 3 heterocycles. The van der Waals surface area contributed by atoms with Crippen molar-refractivity contribution >= 4 is 33.9 Å². The van der Waals surface area contributed by atoms with E-state index in [1.54, 1.807) is 0 Å². The number of nitrogens with one attached hydrogen (secondary N) is 1. The number of Topliss-reactive ketones (excluding diaryl/α,β-unsaturated/α-hetero) is 1. The predicted molar refractivity (Wildman–Crippen MR) is 106 cm³/mol. The van der Waals surface area contributed by atoms with Crippen molar-refractivity contribution in [3.05, 3.63) is 45.5 Å². The second-order valence-corrected chi connectivity index (χ2v) is 8.98. The standard InChI is InChI=1S/C20H22N4O2S/c1-20(2,3)19-23-22-17(27-19)11-16(25)13-6-5-12-9-15-18(26)21-7-4-8-24(15)14(12)10-13/h5-6,9-10H,4,7-8,11H2,1-3H3,(H,21,26). The van der Waals surface area contributed by atoms with Crippen LogP contribution in [0.3, 0.4) is 0 Å². The Balaban J connectivity index is 1.63. The Hall–Kier alpha value is -2.54. The molecular formula is C20H22N4O2S. The van der Waals surface area contributed by atoms with Crippen molar-refractivity contribution in [3.8, 4) is 0 Å². The maximum atomic E-state index is 12.8. The van der Waals surface area contributed by atoms with Gasteiger partial charge in [-0.3, -0.25) is 9.59 Å². The van der Waals surface area contributed by atoms with Crippen LogP contribution in [0.15, 0.2) is 24.3 Å². The van der Waals surface area contributed by atoms with E-state index in [2.05, 4.69) is 36.3 Å². The molecule has 1 amide bonds. The number of hydrogen-bond acceptors (Lipinski definition) is 5. The minimum atomic E-state index is -0.0675. The van der Waals surface area contributed by atoms with Crippen LogP contribution in [0, 0.1) is 0 Å². The highest BCUT2D eigenvalue weighted by molar-refractivity contribution is 7.11. The molecular weight excluding hydrogens is 360 g/mol. The number of nitrogens with zero attached hydrogens (tertiary/aromatic N) is 3. The summed E-state index contributed by atoms with van der Waals surface area (Å²) < 4.78 is 2.01. The lowest BCUT2D eigenvalue weighted by Gasteiger charge is -2.12. The van der Waals surface area contributed by atoms with Crippen molar-refractivity contribution in [2.24, 2.45) is 0 Å². The monoisotopic (exact) mass is 382 g/mol. The number of carbonyl (C=O) groups excluding carboxylic acids is 2. The van der Waals surface area contributed by atoms with Gasteiger partial charge in [-0.05, 0) is 18.6 Å². The fraction of sp³-hybridized carbons (Fsp3) is 0.400. The van der Waals surface area contributed by atoms with Crippen LogP contribution >= 0.6 is 11.3 Å². The third kappa shape index (κ3) is 3.39. The summed E-state index contributed by atoms with van der Waals surface area (Å²) in [6.07, 6.45) is 1.12. The van der Waals surface area contributed by atoms with E-state index in [1.807, 2.05) is 28.8 Å². The molecule has 27 heavy (non-hydrogen) atoms. The fourth-order valence-corrected chi connectivity index (χ4v) is 4.15. The van der Waals surface area contributed by atoms with E-state index in [0.29, 0.717) is 17.8 Å². The molecule has 1 aliphatic rings. The normalized spacial score (nSPS) is 14.7. The molecule has 0 bridgehead atoms. The molecule has 1 aliphatic heterocycles. The van der Waals surface area contributed by atoms with Gasteiger partial charge in [0, 0.05) is 35.0 Å². The zero-order valence-electron chi connectivity index (χ0n) is 15.7. The van der Waals surface area contributed by atoms with E-state index in [9.17, 15) is 9.59 Å². The van der Waals surface area contributed by atoms with Gasteiger partial charge in [-0.2, -0.15) is 0 Å². The van der Waals surface area contributed by atoms with E-state index >= 15 is 0 Å². The van der Waals surface area contributed by atoms with Crippen molar-refractivity contribution in [1.29, 1.82) is 0 Å². The third-order valence-electron chi connectivity index (χ3n) is 4.72. The van der Waals surface area contributed by atoms with Gasteiger partial charge in [0.15, 0.2) is 5.78 Å². The van der Waals surface area contributed by atoms with Crippen LogP contribution in [0.2, 0.25) is 0 Å². The number of rotatable bonds is 3. The van der Waals surface area contributed by atoms with Crippen LogP contribution in [0.4, 0.5) is 0 Å². The quantitative estimate of drug-likeness (QED) is 0.705. The Bertz CT molecular complexity index is 1040. The van der Waals surface area contributed by atoms with Crippen LogP contribution in [0.25, 0.3) is 10.9 Å². The molecule has 0 unspecified atom stereocenters. The summed E-state index contributed by atoms with van der Waals surface area (Å²) >= 11 is 1.49. The van der Waals surface area contributed by atoms with Crippen LogP contribution in [0.1, 0.15) is 58.1 Å². The van der Waals surface area contributed by atoms with Gasteiger partial charge >= 0.3 is 0 Å². The van der Waals surface area contributed by atoms with Gasteiger partial charge in [0.25, 0.3) is 5.91 Å². The molecule has 0 saturated carbocycles. The summed E-state index contributed by atoms with van der Waals surface area (Å²) in [5.41, 5.74) is 2.16. The van der Waals surface area contributed by atoms with Crippen molar-refractivity contribution in [1.82, 2.24) is 20.1 Å². The molecule has 4 rings (SSSR count). The summed E-state index contributed by atoms with van der Waals surface area (Å²) in [6.45, 7) is 7.69. The van der Waals surface area contributed by atoms with E-state index < -0.39 is 0 Å². The molecule has 0 radical (unpaired) electrons. The Morgan fingerprint density at radius 1 is 1.26 bits per heavy atom. The lowest BCUT2D eigenvalue weighted by atomic mass is 9.98. The first kappa shape index (κ1) is 17.9. The molecule has 1 N–H and O–H groups in total. The topological polar surface area (TPSA) is 76.9 Å². The summed E-state index contributed by atoms with van der Waals surface area (Å²) in [6, 6.07) is 7.53. The molecule has 0 saturated heterocycles. The number of amides is 1. The summed E-state index contributed by atoms with van der Waals surface area (Å²) in [5.74, 6) is -0.0396. The van der Waals surface area contributed by atoms with Gasteiger partial charge in [-0.15, -0.1) is 21.5 Å². The van der Waals surface area contributed by atoms with Crippen LogP contribution in [0.5, 0.6) is 0 Å². The van der Waals surface area contributed by atoms with Gasteiger partial charge in [0.1, 0.15) is 15.7 Å². The van der Waals surface area contributed by atoms with Gasteiger partial charge in [0.05, 0.1) is 6.42 Å². The molecule has 3 aromatic rings. The molecule has 140 valence electrons. The average molecular weight is 382 g/mol. The Labute approximate surface area is 161 Å². The number of fused-ring (bicyclic) bond motifs is 3. The van der Waals surface area contributed by atoms with E-state index in [4.69, 9.17) is 0 Å². The van der Waals surface area contributed by atoms with Gasteiger partial charge in [-0.25, -0.2) is 0 Å². The fourth-order valence-electron chi connectivity index (χ4n) is 3.25. The highest BCUT2D eigenvalue weighted by atomic mass is 32.1. The minimum absolute atomic E-state index is 0.0159. The summed E-state index contributed by atoms with van der Waals surface area (Å²) in [7, 11) is 0. The second-order valence-electron chi connectivity index (χ2n) is 7.92. The predicted octanol–water partition coefficient (Wildman–Crippen LogP) is 3.35. The zero-order valence-corrected chi connectivity index (χ0v) is 16.5. The Kier molecular flexibility index (Phi) is 4.34. The van der Waals surface area contributed by atoms with Crippen LogP contribution in [-0.2, 0) is 18.4 Å². The lowest BCUT2D eigenvalue weighted by molar-refractivity contribution is 0.0950. The molecule has 0 spiro atoms. The van der Waals surface area contributed by atoms with Gasteiger partial charge < -0.3 is 9.88 Å². The first-order valence-corrected chi connectivity index (χ1v) is 9.92. The van der Waals surface area contributed by atoms with Crippen molar-refractivity contribution < 1.29 is 9.59 Å². The van der Waals surface area contributed by atoms with Crippen molar-refractivity contribution in [2.75, 3.05) is 6.54 Å². The molecule has 0 aliphatic carbocycles. The lowest BCUT2D eigenvalue weighted by Crippen LogP contribution is -2.22. The number of benzene rings is 1. The van der Waals surface area contributed by atoms with Crippen molar-refractivity contribution in [3.63, 3.8) is 0 Å². The maximum Gasteiger partial charge on any atom is 0.267 e. The van der Waals surface area contributed by atoms with Gasteiger partial charge in [0.2, 0.25) is 0 Å². The first-order valence-electron chi connectivity index (χ1n) is 9.10. The zero-order chi connectivity index (χ0) is 19.2. The molecule has 6 nitrogen and oxygen atoms in total. The molecule has 0 fully saturated rings. The van der Waals surface area contributed by atoms with Crippen LogP contribution < -0.4 is 5.32 Å². The number of hydrogen-bond donors (Lipinski definition) is 1. The van der Waals surface area contributed by atoms with Gasteiger partial charge in [-0.1, -0.05) is 32.9 Å². The van der Waals surface area contributed by atoms with E-state index in [-0.39, 0.29) is 23.5 Å². The number of carbonyl (C=O) groups is 2. The second kappa shape index (κ2) is 6.56. The average Bonchev–Trinajstić information content (AvgIpc) is 3.18. The molecule has 2 aromatic heterocycles. The highest BCUT2D eigenvalue weighted by Gasteiger charge is 2.22.